The second-order valence-corrected chi connectivity index (χ2v) is 5.37. The molecule has 0 saturated heterocycles. The molecule has 0 amide bonds. The van der Waals surface area contributed by atoms with Gasteiger partial charge in [-0.3, -0.25) is 4.79 Å². The van der Waals surface area contributed by atoms with E-state index >= 15 is 0 Å². The fourth-order valence-corrected chi connectivity index (χ4v) is 2.67. The van der Waals surface area contributed by atoms with Crippen molar-refractivity contribution in [2.45, 2.75) is 0 Å². The van der Waals surface area contributed by atoms with Gasteiger partial charge >= 0.3 is 0 Å². The van der Waals surface area contributed by atoms with Crippen LogP contribution in [0, 0.1) is 0 Å². The van der Waals surface area contributed by atoms with Crippen LogP contribution >= 0.6 is 0 Å². The largest absolute Gasteiger partial charge is 0.493 e. The molecule has 0 fully saturated rings. The van der Waals surface area contributed by atoms with Crippen molar-refractivity contribution in [1.29, 1.82) is 0 Å². The molecule has 0 saturated carbocycles. The number of methoxy groups -OCH3 is 2. The molecule has 4 nitrogen and oxygen atoms in total. The predicted molar refractivity (Wildman–Crippen MR) is 96.3 cm³/mol. The second kappa shape index (κ2) is 7.04. The number of carbonyl (C=O) groups excluding carboxylic acids is 1. The van der Waals surface area contributed by atoms with E-state index in [1.54, 1.807) is 32.4 Å². The van der Waals surface area contributed by atoms with Gasteiger partial charge in [-0.25, -0.2) is 0 Å². The highest BCUT2D eigenvalue weighted by Crippen LogP contribution is 2.28. The zero-order chi connectivity index (χ0) is 16.9. The Hall–Kier alpha value is -3.01. The highest BCUT2D eigenvalue weighted by atomic mass is 16.5. The van der Waals surface area contributed by atoms with Crippen LogP contribution in [0.3, 0.4) is 0 Å². The fraction of sp³-hybridized carbons (Fsp3) is 0.150. The van der Waals surface area contributed by atoms with E-state index in [1.807, 2.05) is 30.3 Å². The van der Waals surface area contributed by atoms with Crippen LogP contribution in [0.25, 0.3) is 10.8 Å². The van der Waals surface area contributed by atoms with Gasteiger partial charge in [-0.2, -0.15) is 0 Å². The second-order valence-electron chi connectivity index (χ2n) is 5.37. The summed E-state index contributed by atoms with van der Waals surface area (Å²) in [6, 6.07) is 19.3. The molecule has 3 aromatic rings. The van der Waals surface area contributed by atoms with E-state index < -0.39 is 0 Å². The van der Waals surface area contributed by atoms with E-state index in [4.69, 9.17) is 9.47 Å². The van der Waals surface area contributed by atoms with E-state index in [0.717, 1.165) is 16.5 Å². The number of fused-ring (bicyclic) bond motifs is 1. The fourth-order valence-electron chi connectivity index (χ4n) is 2.67. The highest BCUT2D eigenvalue weighted by molar-refractivity contribution is 6.01. The Kier molecular flexibility index (Phi) is 4.66. The number of Topliss-reactive ketones (excluding diaryl/α,β-unsaturated/α-hetero) is 1. The summed E-state index contributed by atoms with van der Waals surface area (Å²) in [6.45, 7) is 0.212. The maximum atomic E-state index is 12.5. The molecule has 4 heteroatoms. The Morgan fingerprint density at radius 2 is 1.67 bits per heavy atom. The molecule has 1 N–H and O–H groups in total. The first kappa shape index (κ1) is 15.9. The van der Waals surface area contributed by atoms with Crippen molar-refractivity contribution < 1.29 is 14.3 Å². The molecule has 0 bridgehead atoms. The Morgan fingerprint density at radius 1 is 0.917 bits per heavy atom. The molecule has 0 spiro atoms. The van der Waals surface area contributed by atoms with E-state index in [1.165, 1.54) is 0 Å². The van der Waals surface area contributed by atoms with Crippen molar-refractivity contribution >= 4 is 22.2 Å². The summed E-state index contributed by atoms with van der Waals surface area (Å²) in [4.78, 5) is 12.5. The van der Waals surface area contributed by atoms with Gasteiger partial charge in [0.05, 0.1) is 20.8 Å². The van der Waals surface area contributed by atoms with Crippen LogP contribution in [0.4, 0.5) is 5.69 Å². The van der Waals surface area contributed by atoms with Gasteiger partial charge in [0.15, 0.2) is 17.3 Å². The van der Waals surface area contributed by atoms with Gasteiger partial charge in [0, 0.05) is 16.6 Å². The van der Waals surface area contributed by atoms with Gasteiger partial charge in [-0.05, 0) is 29.7 Å². The van der Waals surface area contributed by atoms with E-state index in [0.29, 0.717) is 17.1 Å². The third kappa shape index (κ3) is 3.18. The smallest absolute Gasteiger partial charge is 0.181 e. The molecule has 0 aliphatic carbocycles. The monoisotopic (exact) mass is 321 g/mol. The third-order valence-corrected chi connectivity index (χ3v) is 3.93. The number of carbonyl (C=O) groups is 1. The average molecular weight is 321 g/mol. The van der Waals surface area contributed by atoms with Crippen molar-refractivity contribution in [2.24, 2.45) is 0 Å². The lowest BCUT2D eigenvalue weighted by Gasteiger charge is -2.11. The molecule has 0 aliphatic rings. The summed E-state index contributed by atoms with van der Waals surface area (Å²) in [5.74, 6) is 1.15. The number of ketones is 1. The van der Waals surface area contributed by atoms with Crippen molar-refractivity contribution in [1.82, 2.24) is 0 Å². The Bertz CT molecular complexity index is 868. The molecule has 24 heavy (non-hydrogen) atoms. The number of anilines is 1. The minimum absolute atomic E-state index is 0.0103. The van der Waals surface area contributed by atoms with Crippen molar-refractivity contribution in [2.75, 3.05) is 26.1 Å². The van der Waals surface area contributed by atoms with Crippen LogP contribution in [0.2, 0.25) is 0 Å². The zero-order valence-corrected chi connectivity index (χ0v) is 13.7. The standard InChI is InChI=1S/C20H19NO3/c1-23-19-11-10-15(12-20(19)24-2)18(22)13-21-17-9-5-7-14-6-3-4-8-16(14)17/h3-12,21H,13H2,1-2H3. The molecule has 0 atom stereocenters. The summed E-state index contributed by atoms with van der Waals surface area (Å²) in [5.41, 5.74) is 1.53. The lowest BCUT2D eigenvalue weighted by Crippen LogP contribution is -2.14. The summed E-state index contributed by atoms with van der Waals surface area (Å²) in [7, 11) is 3.13. The van der Waals surface area contributed by atoms with E-state index in [2.05, 4.69) is 17.4 Å². The van der Waals surface area contributed by atoms with Gasteiger partial charge in [0.2, 0.25) is 0 Å². The van der Waals surface area contributed by atoms with Gasteiger partial charge in [0.25, 0.3) is 0 Å². The highest BCUT2D eigenvalue weighted by Gasteiger charge is 2.11. The van der Waals surface area contributed by atoms with Crippen LogP contribution in [0.15, 0.2) is 60.7 Å². The lowest BCUT2D eigenvalue weighted by atomic mass is 10.1. The molecular weight excluding hydrogens is 302 g/mol. The summed E-state index contributed by atoms with van der Waals surface area (Å²) < 4.78 is 10.4. The first-order chi connectivity index (χ1) is 11.7. The minimum atomic E-state index is -0.0103. The Morgan fingerprint density at radius 3 is 2.46 bits per heavy atom. The Balaban J connectivity index is 1.78. The maximum Gasteiger partial charge on any atom is 0.181 e. The maximum absolute atomic E-state index is 12.5. The van der Waals surface area contributed by atoms with Crippen molar-refractivity contribution in [3.63, 3.8) is 0 Å². The van der Waals surface area contributed by atoms with Crippen LogP contribution in [-0.2, 0) is 0 Å². The summed E-state index contributed by atoms with van der Waals surface area (Å²) in [6.07, 6.45) is 0. The topological polar surface area (TPSA) is 47.6 Å². The molecule has 0 heterocycles. The van der Waals surface area contributed by atoms with Gasteiger partial charge in [0.1, 0.15) is 0 Å². The normalized spacial score (nSPS) is 10.4. The molecule has 3 aromatic carbocycles. The number of hydrogen-bond acceptors (Lipinski definition) is 4. The molecule has 0 radical (unpaired) electrons. The zero-order valence-electron chi connectivity index (χ0n) is 13.7. The van der Waals surface area contributed by atoms with Gasteiger partial charge in [-0.1, -0.05) is 36.4 Å². The average Bonchev–Trinajstić information content (AvgIpc) is 2.65. The minimum Gasteiger partial charge on any atom is -0.493 e. The molecule has 3 rings (SSSR count). The quantitative estimate of drug-likeness (QED) is 0.693. The number of rotatable bonds is 6. The summed E-state index contributed by atoms with van der Waals surface area (Å²) >= 11 is 0. The van der Waals surface area contributed by atoms with Crippen LogP contribution in [0.5, 0.6) is 11.5 Å². The number of hydrogen-bond donors (Lipinski definition) is 1. The molecule has 0 aromatic heterocycles. The lowest BCUT2D eigenvalue weighted by molar-refractivity contribution is 0.101. The SMILES string of the molecule is COc1ccc(C(=O)CNc2cccc3ccccc23)cc1OC. The Labute approximate surface area is 141 Å². The summed E-state index contributed by atoms with van der Waals surface area (Å²) in [5, 5.41) is 5.47. The molecule has 0 unspecified atom stereocenters. The molecule has 0 aliphatic heterocycles. The van der Waals surface area contributed by atoms with Crippen LogP contribution in [-0.4, -0.2) is 26.5 Å². The van der Waals surface area contributed by atoms with Gasteiger partial charge < -0.3 is 14.8 Å². The van der Waals surface area contributed by atoms with Crippen LogP contribution in [0.1, 0.15) is 10.4 Å². The number of nitrogens with one attached hydrogen (secondary N) is 1. The van der Waals surface area contributed by atoms with Gasteiger partial charge in [-0.15, -0.1) is 0 Å². The van der Waals surface area contributed by atoms with Crippen molar-refractivity contribution in [3.8, 4) is 11.5 Å². The first-order valence-corrected chi connectivity index (χ1v) is 7.70. The van der Waals surface area contributed by atoms with E-state index in [9.17, 15) is 4.79 Å². The number of ether oxygens (including phenoxy) is 2. The molecular formula is C20H19NO3. The number of benzene rings is 3. The van der Waals surface area contributed by atoms with Crippen molar-refractivity contribution in [3.05, 3.63) is 66.2 Å². The predicted octanol–water partition coefficient (Wildman–Crippen LogP) is 4.15. The molecule has 122 valence electrons. The van der Waals surface area contributed by atoms with Crippen LogP contribution < -0.4 is 14.8 Å². The first-order valence-electron chi connectivity index (χ1n) is 7.70. The third-order valence-electron chi connectivity index (χ3n) is 3.93. The van der Waals surface area contributed by atoms with E-state index in [-0.39, 0.29) is 12.3 Å².